The molecule has 0 saturated carbocycles. The van der Waals surface area contributed by atoms with Crippen molar-refractivity contribution in [3.8, 4) is 5.69 Å². The van der Waals surface area contributed by atoms with Crippen LogP contribution in [0.25, 0.3) is 5.69 Å². The third kappa shape index (κ3) is 3.83. The molecule has 0 bridgehead atoms. The van der Waals surface area contributed by atoms with Gasteiger partial charge in [0, 0.05) is 7.05 Å². The minimum atomic E-state index is -3.81. The van der Waals surface area contributed by atoms with E-state index in [4.69, 9.17) is 5.14 Å². The van der Waals surface area contributed by atoms with Crippen LogP contribution in [0.4, 0.5) is 0 Å². The Labute approximate surface area is 164 Å². The molecule has 1 unspecified atom stereocenters. The summed E-state index contributed by atoms with van der Waals surface area (Å²) < 4.78 is 24.9. The first-order valence-corrected chi connectivity index (χ1v) is 10.2. The van der Waals surface area contributed by atoms with E-state index < -0.39 is 10.0 Å². The van der Waals surface area contributed by atoms with Crippen LogP contribution in [0, 0.1) is 6.92 Å². The van der Waals surface area contributed by atoms with Crippen LogP contribution in [0.3, 0.4) is 0 Å². The molecule has 0 spiro atoms. The maximum Gasteiger partial charge on any atom is 0.257 e. The third-order valence-electron chi connectivity index (χ3n) is 4.81. The molecule has 28 heavy (non-hydrogen) atoms. The van der Waals surface area contributed by atoms with Crippen molar-refractivity contribution in [3.63, 3.8) is 0 Å². The van der Waals surface area contributed by atoms with Gasteiger partial charge in [0.25, 0.3) is 5.91 Å². The minimum Gasteiger partial charge on any atom is -0.335 e. The average Bonchev–Trinajstić information content (AvgIpc) is 3.07. The van der Waals surface area contributed by atoms with E-state index in [1.807, 2.05) is 44.2 Å². The van der Waals surface area contributed by atoms with Crippen molar-refractivity contribution in [1.29, 1.82) is 0 Å². The van der Waals surface area contributed by atoms with Crippen molar-refractivity contribution >= 4 is 15.9 Å². The number of rotatable bonds is 5. The maximum absolute atomic E-state index is 13.0. The Morgan fingerprint density at radius 1 is 1.14 bits per heavy atom. The van der Waals surface area contributed by atoms with Crippen molar-refractivity contribution < 1.29 is 13.2 Å². The minimum absolute atomic E-state index is 0.0192. The summed E-state index contributed by atoms with van der Waals surface area (Å²) >= 11 is 0. The molecular weight excluding hydrogens is 376 g/mol. The SMILES string of the molecule is Cc1c(C(=O)N(C)C(C)c2cccc(S(N)(=O)=O)c2)cnn1-c1ccccc1. The van der Waals surface area contributed by atoms with Crippen molar-refractivity contribution in [2.24, 2.45) is 5.14 Å². The van der Waals surface area contributed by atoms with E-state index in [1.165, 1.54) is 12.1 Å². The van der Waals surface area contributed by atoms with E-state index in [0.29, 0.717) is 11.1 Å². The van der Waals surface area contributed by atoms with E-state index in [2.05, 4.69) is 5.10 Å². The van der Waals surface area contributed by atoms with Crippen LogP contribution in [0.1, 0.15) is 34.6 Å². The zero-order chi connectivity index (χ0) is 20.5. The zero-order valence-corrected chi connectivity index (χ0v) is 16.7. The standard InChI is InChI=1S/C20H22N4O3S/c1-14(16-8-7-11-18(12-16)28(21,26)27)23(3)20(25)19-13-22-24(15(19)2)17-9-5-4-6-10-17/h4-14H,1-3H3,(H2,21,26,27). The number of amides is 1. The Morgan fingerprint density at radius 2 is 1.82 bits per heavy atom. The van der Waals surface area contributed by atoms with Gasteiger partial charge < -0.3 is 4.90 Å². The van der Waals surface area contributed by atoms with Gasteiger partial charge in [-0.05, 0) is 43.7 Å². The van der Waals surface area contributed by atoms with Gasteiger partial charge in [-0.15, -0.1) is 0 Å². The molecule has 0 saturated heterocycles. The molecule has 0 aliphatic carbocycles. The van der Waals surface area contributed by atoms with Gasteiger partial charge in [-0.2, -0.15) is 5.10 Å². The number of nitrogens with zero attached hydrogens (tertiary/aromatic N) is 3. The number of para-hydroxylation sites is 1. The Kier molecular flexibility index (Phi) is 5.35. The van der Waals surface area contributed by atoms with Crippen molar-refractivity contribution in [2.45, 2.75) is 24.8 Å². The number of aromatic nitrogens is 2. The molecule has 0 aliphatic heterocycles. The predicted octanol–water partition coefficient (Wildman–Crippen LogP) is 2.66. The topological polar surface area (TPSA) is 98.3 Å². The number of hydrogen-bond donors (Lipinski definition) is 1. The lowest BCUT2D eigenvalue weighted by molar-refractivity contribution is 0.0741. The van der Waals surface area contributed by atoms with Crippen molar-refractivity contribution in [2.75, 3.05) is 7.05 Å². The Bertz CT molecular complexity index is 1110. The van der Waals surface area contributed by atoms with Crippen LogP contribution >= 0.6 is 0 Å². The molecule has 1 aromatic heterocycles. The van der Waals surface area contributed by atoms with Gasteiger partial charge in [-0.3, -0.25) is 4.79 Å². The maximum atomic E-state index is 13.0. The number of sulfonamides is 1. The highest BCUT2D eigenvalue weighted by atomic mass is 32.2. The third-order valence-corrected chi connectivity index (χ3v) is 5.72. The lowest BCUT2D eigenvalue weighted by atomic mass is 10.1. The largest absolute Gasteiger partial charge is 0.335 e. The number of hydrogen-bond acceptors (Lipinski definition) is 4. The first-order chi connectivity index (χ1) is 13.2. The second-order valence-corrected chi connectivity index (χ2v) is 8.16. The quantitative estimate of drug-likeness (QED) is 0.714. The highest BCUT2D eigenvalue weighted by Gasteiger charge is 2.23. The Balaban J connectivity index is 1.88. The molecular formula is C20H22N4O3S. The van der Waals surface area contributed by atoms with Crippen LogP contribution in [-0.2, 0) is 10.0 Å². The lowest BCUT2D eigenvalue weighted by Gasteiger charge is -2.25. The second kappa shape index (κ2) is 7.57. The van der Waals surface area contributed by atoms with E-state index >= 15 is 0 Å². The summed E-state index contributed by atoms with van der Waals surface area (Å²) in [6, 6.07) is 15.5. The van der Waals surface area contributed by atoms with Gasteiger partial charge in [-0.1, -0.05) is 30.3 Å². The molecule has 1 atom stereocenters. The predicted molar refractivity (Wildman–Crippen MR) is 107 cm³/mol. The summed E-state index contributed by atoms with van der Waals surface area (Å²) in [5.74, 6) is -0.201. The Morgan fingerprint density at radius 3 is 2.46 bits per heavy atom. The molecule has 2 N–H and O–H groups in total. The number of nitrogens with two attached hydrogens (primary N) is 1. The van der Waals surface area contributed by atoms with E-state index in [0.717, 1.165) is 11.4 Å². The molecule has 0 aliphatic rings. The Hall–Kier alpha value is -2.97. The lowest BCUT2D eigenvalue weighted by Crippen LogP contribution is -2.30. The highest BCUT2D eigenvalue weighted by Crippen LogP contribution is 2.24. The second-order valence-electron chi connectivity index (χ2n) is 6.60. The van der Waals surface area contributed by atoms with E-state index in [-0.39, 0.29) is 16.8 Å². The normalized spacial score (nSPS) is 12.6. The first kappa shape index (κ1) is 19.8. The summed E-state index contributed by atoms with van der Waals surface area (Å²) in [6.07, 6.45) is 1.55. The van der Waals surface area contributed by atoms with E-state index in [9.17, 15) is 13.2 Å². The molecule has 1 amide bonds. The fraction of sp³-hybridized carbons (Fsp3) is 0.200. The number of benzene rings is 2. The fourth-order valence-corrected chi connectivity index (χ4v) is 3.56. The smallest absolute Gasteiger partial charge is 0.257 e. The van der Waals surface area contributed by atoms with Crippen LogP contribution in [0.2, 0.25) is 0 Å². The fourth-order valence-electron chi connectivity index (χ4n) is 2.99. The van der Waals surface area contributed by atoms with Crippen molar-refractivity contribution in [1.82, 2.24) is 14.7 Å². The zero-order valence-electron chi connectivity index (χ0n) is 15.9. The molecule has 146 valence electrons. The monoisotopic (exact) mass is 398 g/mol. The van der Waals surface area contributed by atoms with Crippen molar-refractivity contribution in [3.05, 3.63) is 77.6 Å². The highest BCUT2D eigenvalue weighted by molar-refractivity contribution is 7.89. The first-order valence-electron chi connectivity index (χ1n) is 8.70. The van der Waals surface area contributed by atoms with Crippen LogP contribution in [-0.4, -0.2) is 36.1 Å². The van der Waals surface area contributed by atoms with Gasteiger partial charge in [0.15, 0.2) is 0 Å². The summed E-state index contributed by atoms with van der Waals surface area (Å²) in [5, 5.41) is 9.55. The summed E-state index contributed by atoms with van der Waals surface area (Å²) in [7, 11) is -2.13. The molecule has 3 rings (SSSR count). The van der Waals surface area contributed by atoms with Gasteiger partial charge in [-0.25, -0.2) is 18.2 Å². The average molecular weight is 398 g/mol. The van der Waals surface area contributed by atoms with Gasteiger partial charge >= 0.3 is 0 Å². The summed E-state index contributed by atoms with van der Waals surface area (Å²) in [6.45, 7) is 3.67. The van der Waals surface area contributed by atoms with Gasteiger partial charge in [0.2, 0.25) is 10.0 Å². The molecule has 0 fully saturated rings. The summed E-state index contributed by atoms with van der Waals surface area (Å²) in [5.41, 5.74) is 2.76. The van der Waals surface area contributed by atoms with Gasteiger partial charge in [0.1, 0.15) is 0 Å². The molecule has 0 radical (unpaired) electrons. The number of carbonyl (C=O) groups excluding carboxylic acids is 1. The van der Waals surface area contributed by atoms with Gasteiger partial charge in [0.05, 0.1) is 34.1 Å². The summed E-state index contributed by atoms with van der Waals surface area (Å²) in [4.78, 5) is 14.6. The number of primary sulfonamides is 1. The van der Waals surface area contributed by atoms with Crippen LogP contribution in [0.15, 0.2) is 65.7 Å². The van der Waals surface area contributed by atoms with Crippen LogP contribution < -0.4 is 5.14 Å². The number of carbonyl (C=O) groups is 1. The molecule has 1 heterocycles. The molecule has 7 nitrogen and oxygen atoms in total. The molecule has 8 heteroatoms. The van der Waals surface area contributed by atoms with Crippen LogP contribution in [0.5, 0.6) is 0 Å². The van der Waals surface area contributed by atoms with E-state index in [1.54, 1.807) is 35.0 Å². The molecule has 3 aromatic rings. The molecule has 2 aromatic carbocycles.